The van der Waals surface area contributed by atoms with Crippen molar-refractivity contribution in [3.05, 3.63) is 16.6 Å². The van der Waals surface area contributed by atoms with Crippen LogP contribution in [0.4, 0.5) is 0 Å². The number of piperidine rings is 1. The van der Waals surface area contributed by atoms with Gasteiger partial charge in [0.2, 0.25) is 5.91 Å². The van der Waals surface area contributed by atoms with Crippen LogP contribution in [0.5, 0.6) is 0 Å². The Morgan fingerprint density at radius 3 is 2.90 bits per heavy atom. The number of likely N-dealkylation sites (tertiary alicyclic amines) is 1. The smallest absolute Gasteiger partial charge is 0.273 e. The molecule has 1 aromatic heterocycles. The average molecular weight is 293 g/mol. The molecule has 0 bridgehead atoms. The molecule has 1 saturated carbocycles. The maximum atomic E-state index is 12.4. The first-order valence-electron chi connectivity index (χ1n) is 7.08. The maximum Gasteiger partial charge on any atom is 0.273 e. The summed E-state index contributed by atoms with van der Waals surface area (Å²) >= 11 is 1.41. The zero-order valence-electron chi connectivity index (χ0n) is 11.4. The first-order chi connectivity index (χ1) is 9.61. The highest BCUT2D eigenvalue weighted by Crippen LogP contribution is 2.44. The Balaban J connectivity index is 1.77. The molecule has 1 atom stereocenters. The van der Waals surface area contributed by atoms with E-state index >= 15 is 0 Å². The second kappa shape index (κ2) is 5.16. The fraction of sp³-hybridized carbons (Fsp3) is 0.643. The summed E-state index contributed by atoms with van der Waals surface area (Å²) in [4.78, 5) is 30.2. The predicted octanol–water partition coefficient (Wildman–Crippen LogP) is 1.65. The second-order valence-corrected chi connectivity index (χ2v) is 6.71. The standard InChI is InChI=1S/C14H19N3O2S/c15-13(19)14(6-10-2-3-10)4-1-5-17(8-14)12(18)11-7-20-9-16-11/h7,9-10H,1-6,8H2,(H2,15,19). The Bertz CT molecular complexity index is 512. The summed E-state index contributed by atoms with van der Waals surface area (Å²) in [5.74, 6) is 0.296. The number of primary amides is 1. The minimum absolute atomic E-state index is 0.0765. The SMILES string of the molecule is NC(=O)C1(CC2CC2)CCCN(C(=O)c2cscn2)C1. The van der Waals surface area contributed by atoms with Crippen LogP contribution in [0.1, 0.15) is 42.6 Å². The number of rotatable bonds is 4. The molecule has 108 valence electrons. The summed E-state index contributed by atoms with van der Waals surface area (Å²) < 4.78 is 0. The average Bonchev–Trinajstić information content (AvgIpc) is 3.08. The summed E-state index contributed by atoms with van der Waals surface area (Å²) in [6.07, 6.45) is 4.86. The van der Waals surface area contributed by atoms with E-state index in [-0.39, 0.29) is 11.8 Å². The van der Waals surface area contributed by atoms with Gasteiger partial charge in [-0.05, 0) is 25.2 Å². The van der Waals surface area contributed by atoms with Crippen molar-refractivity contribution in [3.8, 4) is 0 Å². The van der Waals surface area contributed by atoms with E-state index in [1.807, 2.05) is 0 Å². The van der Waals surface area contributed by atoms with Gasteiger partial charge in [-0.2, -0.15) is 0 Å². The molecule has 1 aliphatic carbocycles. The van der Waals surface area contributed by atoms with E-state index in [1.165, 1.54) is 24.2 Å². The Labute approximate surface area is 122 Å². The van der Waals surface area contributed by atoms with Gasteiger partial charge in [0.25, 0.3) is 5.91 Å². The van der Waals surface area contributed by atoms with Crippen molar-refractivity contribution in [2.45, 2.75) is 32.1 Å². The second-order valence-electron chi connectivity index (χ2n) is 6.00. The van der Waals surface area contributed by atoms with Gasteiger partial charge in [-0.3, -0.25) is 9.59 Å². The van der Waals surface area contributed by atoms with Crippen LogP contribution < -0.4 is 5.73 Å². The van der Waals surface area contributed by atoms with Crippen molar-refractivity contribution in [3.63, 3.8) is 0 Å². The van der Waals surface area contributed by atoms with E-state index in [9.17, 15) is 9.59 Å². The molecule has 0 spiro atoms. The monoisotopic (exact) mass is 293 g/mol. The van der Waals surface area contributed by atoms with E-state index in [4.69, 9.17) is 5.73 Å². The number of thiazole rings is 1. The molecule has 1 aliphatic heterocycles. The molecule has 2 aliphatic rings. The molecule has 5 nitrogen and oxygen atoms in total. The molecule has 1 saturated heterocycles. The largest absolute Gasteiger partial charge is 0.369 e. The molecule has 2 heterocycles. The highest BCUT2D eigenvalue weighted by atomic mass is 32.1. The first-order valence-corrected chi connectivity index (χ1v) is 8.02. The molecule has 1 aromatic rings. The third-order valence-electron chi connectivity index (χ3n) is 4.41. The number of nitrogens with two attached hydrogens (primary N) is 1. The number of amides is 2. The van der Waals surface area contributed by atoms with Gasteiger partial charge in [-0.15, -0.1) is 11.3 Å². The van der Waals surface area contributed by atoms with E-state index < -0.39 is 5.41 Å². The molecule has 6 heteroatoms. The van der Waals surface area contributed by atoms with Crippen molar-refractivity contribution in [2.75, 3.05) is 13.1 Å². The number of hydrogen-bond donors (Lipinski definition) is 1. The molecular formula is C14H19N3O2S. The van der Waals surface area contributed by atoms with Crippen molar-refractivity contribution in [1.82, 2.24) is 9.88 Å². The van der Waals surface area contributed by atoms with Gasteiger partial charge in [0.15, 0.2) is 0 Å². The van der Waals surface area contributed by atoms with Gasteiger partial charge >= 0.3 is 0 Å². The zero-order chi connectivity index (χ0) is 14.2. The number of nitrogens with zero attached hydrogens (tertiary/aromatic N) is 2. The number of carbonyl (C=O) groups is 2. The van der Waals surface area contributed by atoms with Crippen LogP contribution in [0, 0.1) is 11.3 Å². The van der Waals surface area contributed by atoms with E-state index in [0.29, 0.717) is 24.7 Å². The Kier molecular flexibility index (Phi) is 3.50. The van der Waals surface area contributed by atoms with Crippen LogP contribution in [0.15, 0.2) is 10.9 Å². The number of hydrogen-bond acceptors (Lipinski definition) is 4. The highest BCUT2D eigenvalue weighted by molar-refractivity contribution is 7.07. The van der Waals surface area contributed by atoms with Gasteiger partial charge < -0.3 is 10.6 Å². The number of aromatic nitrogens is 1. The van der Waals surface area contributed by atoms with Crippen LogP contribution in [0.25, 0.3) is 0 Å². The Hall–Kier alpha value is -1.43. The van der Waals surface area contributed by atoms with Crippen LogP contribution in [-0.4, -0.2) is 34.8 Å². The molecule has 20 heavy (non-hydrogen) atoms. The molecule has 1 unspecified atom stereocenters. The summed E-state index contributed by atoms with van der Waals surface area (Å²) in [6.45, 7) is 1.14. The fourth-order valence-electron chi connectivity index (χ4n) is 3.13. The quantitative estimate of drug-likeness (QED) is 0.917. The minimum atomic E-state index is -0.523. The maximum absolute atomic E-state index is 12.4. The molecule has 0 aromatic carbocycles. The minimum Gasteiger partial charge on any atom is -0.369 e. The Morgan fingerprint density at radius 1 is 1.50 bits per heavy atom. The lowest BCUT2D eigenvalue weighted by atomic mass is 9.75. The third kappa shape index (κ3) is 2.57. The first kappa shape index (κ1) is 13.5. The van der Waals surface area contributed by atoms with Crippen molar-refractivity contribution in [1.29, 1.82) is 0 Å². The fourth-order valence-corrected chi connectivity index (χ4v) is 3.65. The summed E-state index contributed by atoms with van der Waals surface area (Å²) in [5, 5.41) is 1.75. The van der Waals surface area contributed by atoms with Gasteiger partial charge in [-0.1, -0.05) is 12.8 Å². The van der Waals surface area contributed by atoms with Crippen molar-refractivity contribution in [2.24, 2.45) is 17.1 Å². The van der Waals surface area contributed by atoms with Crippen LogP contribution in [0.2, 0.25) is 0 Å². The molecule has 0 radical (unpaired) electrons. The van der Waals surface area contributed by atoms with Gasteiger partial charge in [0, 0.05) is 18.5 Å². The zero-order valence-corrected chi connectivity index (χ0v) is 12.2. The molecule has 2 fully saturated rings. The third-order valence-corrected chi connectivity index (χ3v) is 5.00. The summed E-state index contributed by atoms with van der Waals surface area (Å²) in [5.41, 5.74) is 7.28. The topological polar surface area (TPSA) is 76.3 Å². The van der Waals surface area contributed by atoms with Crippen molar-refractivity contribution >= 4 is 23.2 Å². The lowest BCUT2D eigenvalue weighted by Gasteiger charge is -2.40. The predicted molar refractivity (Wildman–Crippen MR) is 76.2 cm³/mol. The van der Waals surface area contributed by atoms with Crippen LogP contribution in [0.3, 0.4) is 0 Å². The summed E-state index contributed by atoms with van der Waals surface area (Å²) in [7, 11) is 0. The lowest BCUT2D eigenvalue weighted by Crippen LogP contribution is -2.52. The molecule has 2 N–H and O–H groups in total. The van der Waals surface area contributed by atoms with Gasteiger partial charge in [0.05, 0.1) is 10.9 Å². The molecule has 3 rings (SSSR count). The summed E-state index contributed by atoms with van der Waals surface area (Å²) in [6, 6.07) is 0. The Morgan fingerprint density at radius 2 is 2.30 bits per heavy atom. The van der Waals surface area contributed by atoms with Crippen LogP contribution in [-0.2, 0) is 4.79 Å². The normalized spacial score (nSPS) is 26.5. The molecular weight excluding hydrogens is 274 g/mol. The van der Waals surface area contributed by atoms with Crippen molar-refractivity contribution < 1.29 is 9.59 Å². The van der Waals surface area contributed by atoms with Gasteiger partial charge in [-0.25, -0.2) is 4.98 Å². The highest BCUT2D eigenvalue weighted by Gasteiger charge is 2.45. The van der Waals surface area contributed by atoms with E-state index in [1.54, 1.807) is 15.8 Å². The van der Waals surface area contributed by atoms with E-state index in [0.717, 1.165) is 19.3 Å². The van der Waals surface area contributed by atoms with Gasteiger partial charge in [0.1, 0.15) is 5.69 Å². The van der Waals surface area contributed by atoms with E-state index in [2.05, 4.69) is 4.98 Å². The lowest BCUT2D eigenvalue weighted by molar-refractivity contribution is -0.131. The van der Waals surface area contributed by atoms with Crippen LogP contribution >= 0.6 is 11.3 Å². The molecule has 2 amide bonds. The number of carbonyl (C=O) groups excluding carboxylic acids is 2.